The lowest BCUT2D eigenvalue weighted by Gasteiger charge is -2.13. The zero-order chi connectivity index (χ0) is 20.1. The summed E-state index contributed by atoms with van der Waals surface area (Å²) in [5.41, 5.74) is 3.95. The first-order chi connectivity index (χ1) is 13.4. The highest BCUT2D eigenvalue weighted by atomic mass is 32.1. The number of nitrogens with zero attached hydrogens (tertiary/aromatic N) is 1. The summed E-state index contributed by atoms with van der Waals surface area (Å²) in [6.07, 6.45) is 0. The van der Waals surface area contributed by atoms with E-state index in [1.54, 1.807) is 12.1 Å². The number of aromatic nitrogens is 1. The van der Waals surface area contributed by atoms with E-state index in [2.05, 4.69) is 40.0 Å². The fraction of sp³-hybridized carbons (Fsp3) is 0.190. The number of carbonyl (C=O) groups is 2. The lowest BCUT2D eigenvalue weighted by molar-refractivity contribution is -0.115. The predicted molar refractivity (Wildman–Crippen MR) is 115 cm³/mol. The van der Waals surface area contributed by atoms with Gasteiger partial charge in [-0.25, -0.2) is 4.98 Å². The van der Waals surface area contributed by atoms with Crippen molar-refractivity contribution in [2.24, 2.45) is 0 Å². The third-order valence-corrected chi connectivity index (χ3v) is 4.84. The fourth-order valence-electron chi connectivity index (χ4n) is 2.82. The van der Waals surface area contributed by atoms with Gasteiger partial charge < -0.3 is 16.0 Å². The van der Waals surface area contributed by atoms with Crippen LogP contribution in [0.3, 0.4) is 0 Å². The molecule has 2 amide bonds. The minimum atomic E-state index is -0.187. The van der Waals surface area contributed by atoms with E-state index in [1.165, 1.54) is 30.7 Å². The van der Waals surface area contributed by atoms with Crippen LogP contribution in [0.5, 0.6) is 0 Å². The third kappa shape index (κ3) is 4.95. The Bertz CT molecular complexity index is 985. The van der Waals surface area contributed by atoms with Crippen LogP contribution in [0.1, 0.15) is 32.4 Å². The fourth-order valence-corrected chi connectivity index (χ4v) is 3.61. The number of carbonyl (C=O) groups excluding carboxylic acids is 2. The lowest BCUT2D eigenvalue weighted by atomic mass is 10.1. The molecule has 1 heterocycles. The molecule has 0 unspecified atom stereocenters. The summed E-state index contributed by atoms with van der Waals surface area (Å²) in [6, 6.07) is 15.6. The van der Waals surface area contributed by atoms with E-state index < -0.39 is 0 Å². The summed E-state index contributed by atoms with van der Waals surface area (Å²) >= 11 is 1.51. The Kier molecular flexibility index (Phi) is 6.06. The first-order valence-corrected chi connectivity index (χ1v) is 9.77. The second-order valence-electron chi connectivity index (χ2n) is 6.44. The molecule has 1 aromatic heterocycles. The van der Waals surface area contributed by atoms with Gasteiger partial charge in [-0.05, 0) is 30.7 Å². The Morgan fingerprint density at radius 3 is 2.39 bits per heavy atom. The smallest absolute Gasteiger partial charge is 0.221 e. The van der Waals surface area contributed by atoms with E-state index in [1.807, 2.05) is 29.6 Å². The number of nitrogens with one attached hydrogen (secondary N) is 3. The lowest BCUT2D eigenvalue weighted by Crippen LogP contribution is -2.10. The molecule has 7 heteroatoms. The number of hydrogen-bond acceptors (Lipinski definition) is 5. The van der Waals surface area contributed by atoms with E-state index in [0.29, 0.717) is 11.4 Å². The molecule has 1 atom stereocenters. The van der Waals surface area contributed by atoms with Gasteiger partial charge in [0.05, 0.1) is 17.4 Å². The maximum Gasteiger partial charge on any atom is 0.221 e. The number of rotatable bonds is 6. The van der Waals surface area contributed by atoms with Crippen LogP contribution in [-0.2, 0) is 9.59 Å². The summed E-state index contributed by atoms with van der Waals surface area (Å²) in [4.78, 5) is 27.6. The molecule has 0 aliphatic heterocycles. The van der Waals surface area contributed by atoms with Crippen LogP contribution >= 0.6 is 11.3 Å². The van der Waals surface area contributed by atoms with Gasteiger partial charge >= 0.3 is 0 Å². The van der Waals surface area contributed by atoms with Crippen molar-refractivity contribution in [1.29, 1.82) is 0 Å². The maximum atomic E-state index is 11.6. The van der Waals surface area contributed by atoms with E-state index in [0.717, 1.165) is 16.4 Å². The molecule has 3 aromatic rings. The summed E-state index contributed by atoms with van der Waals surface area (Å²) in [5.74, 6) is -0.357. The molecule has 0 saturated carbocycles. The van der Waals surface area contributed by atoms with Crippen molar-refractivity contribution in [3.05, 3.63) is 59.5 Å². The Morgan fingerprint density at radius 2 is 1.71 bits per heavy atom. The van der Waals surface area contributed by atoms with Gasteiger partial charge in [0.1, 0.15) is 0 Å². The quantitative estimate of drug-likeness (QED) is 0.555. The molecule has 2 aromatic carbocycles. The average molecular weight is 395 g/mol. The average Bonchev–Trinajstić information content (AvgIpc) is 3.10. The van der Waals surface area contributed by atoms with Crippen LogP contribution in [0.15, 0.2) is 53.9 Å². The van der Waals surface area contributed by atoms with Gasteiger partial charge in [-0.3, -0.25) is 9.59 Å². The molecule has 3 N–H and O–H groups in total. The second-order valence-corrected chi connectivity index (χ2v) is 7.30. The van der Waals surface area contributed by atoms with Crippen LogP contribution in [0.4, 0.5) is 16.5 Å². The van der Waals surface area contributed by atoms with Crippen LogP contribution in [0.25, 0.3) is 11.3 Å². The molecule has 3 rings (SSSR count). The van der Waals surface area contributed by atoms with Crippen molar-refractivity contribution in [1.82, 2.24) is 4.98 Å². The topological polar surface area (TPSA) is 83.1 Å². The highest BCUT2D eigenvalue weighted by Gasteiger charge is 2.13. The van der Waals surface area contributed by atoms with Crippen molar-refractivity contribution >= 4 is 39.7 Å². The van der Waals surface area contributed by atoms with Gasteiger partial charge in [-0.2, -0.15) is 0 Å². The van der Waals surface area contributed by atoms with Gasteiger partial charge in [0.2, 0.25) is 11.8 Å². The van der Waals surface area contributed by atoms with Gasteiger partial charge in [0.15, 0.2) is 5.13 Å². The van der Waals surface area contributed by atoms with Gasteiger partial charge in [-0.15, -0.1) is 11.3 Å². The molecule has 0 fully saturated rings. The maximum absolute atomic E-state index is 11.6. The molecule has 0 saturated heterocycles. The molecule has 28 heavy (non-hydrogen) atoms. The molecular formula is C21H22N4O2S. The molecule has 0 bridgehead atoms. The molecular weight excluding hydrogens is 372 g/mol. The predicted octanol–water partition coefficient (Wildman–Crippen LogP) is 4.90. The molecule has 0 aliphatic carbocycles. The van der Waals surface area contributed by atoms with Crippen LogP contribution < -0.4 is 16.0 Å². The normalized spacial score (nSPS) is 11.5. The summed E-state index contributed by atoms with van der Waals surface area (Å²) in [7, 11) is 0. The van der Waals surface area contributed by atoms with E-state index in [-0.39, 0.29) is 17.9 Å². The Morgan fingerprint density at radius 1 is 1.00 bits per heavy atom. The van der Waals surface area contributed by atoms with Gasteiger partial charge in [-0.1, -0.05) is 30.3 Å². The summed E-state index contributed by atoms with van der Waals surface area (Å²) < 4.78 is 0. The highest BCUT2D eigenvalue weighted by molar-refractivity contribution is 7.14. The van der Waals surface area contributed by atoms with Crippen LogP contribution in [-0.4, -0.2) is 16.8 Å². The van der Waals surface area contributed by atoms with Crippen molar-refractivity contribution in [3.63, 3.8) is 0 Å². The number of amides is 2. The Hall–Kier alpha value is -3.19. The van der Waals surface area contributed by atoms with E-state index in [9.17, 15) is 9.59 Å². The van der Waals surface area contributed by atoms with Crippen LogP contribution in [0.2, 0.25) is 0 Å². The van der Waals surface area contributed by atoms with Gasteiger partial charge in [0, 0.05) is 30.5 Å². The first-order valence-electron chi connectivity index (χ1n) is 8.89. The number of hydrogen-bond donors (Lipinski definition) is 3. The highest BCUT2D eigenvalue weighted by Crippen LogP contribution is 2.34. The summed E-state index contributed by atoms with van der Waals surface area (Å²) in [5, 5.41) is 11.7. The molecule has 144 valence electrons. The number of anilines is 3. The Balaban J connectivity index is 1.85. The minimum absolute atomic E-state index is 0.122. The first kappa shape index (κ1) is 19.6. The Labute approximate surface area is 168 Å². The molecule has 0 spiro atoms. The third-order valence-electron chi connectivity index (χ3n) is 4.07. The van der Waals surface area contributed by atoms with Gasteiger partial charge in [0.25, 0.3) is 0 Å². The minimum Gasteiger partial charge on any atom is -0.355 e. The standard InChI is InChI=1S/C21H22N4O2S/c1-13(16-7-5-4-6-8-16)22-21-25-20(12-28-21)18-10-9-17(23-14(2)26)11-19(18)24-15(3)27/h4-13H,1-3H3,(H,22,25)(H,23,26)(H,24,27)/t13-/m1/s1. The monoisotopic (exact) mass is 394 g/mol. The zero-order valence-electron chi connectivity index (χ0n) is 15.9. The number of thiazole rings is 1. The molecule has 0 aliphatic rings. The second kappa shape index (κ2) is 8.67. The SMILES string of the molecule is CC(=O)Nc1ccc(-c2csc(N[C@H](C)c3ccccc3)n2)c(NC(C)=O)c1. The largest absolute Gasteiger partial charge is 0.355 e. The van der Waals surface area contributed by atoms with Crippen LogP contribution in [0, 0.1) is 0 Å². The van der Waals surface area contributed by atoms with Crippen molar-refractivity contribution in [2.45, 2.75) is 26.8 Å². The van der Waals surface area contributed by atoms with Crippen molar-refractivity contribution in [3.8, 4) is 11.3 Å². The van der Waals surface area contributed by atoms with E-state index >= 15 is 0 Å². The van der Waals surface area contributed by atoms with Crippen molar-refractivity contribution in [2.75, 3.05) is 16.0 Å². The summed E-state index contributed by atoms with van der Waals surface area (Å²) in [6.45, 7) is 4.98. The molecule has 6 nitrogen and oxygen atoms in total. The number of benzene rings is 2. The molecule has 0 radical (unpaired) electrons. The van der Waals surface area contributed by atoms with Crippen molar-refractivity contribution < 1.29 is 9.59 Å². The zero-order valence-corrected chi connectivity index (χ0v) is 16.8. The van der Waals surface area contributed by atoms with E-state index in [4.69, 9.17) is 0 Å².